The van der Waals surface area contributed by atoms with E-state index in [4.69, 9.17) is 0 Å². The minimum Gasteiger partial charge on any atom is -0.363 e. The van der Waals surface area contributed by atoms with Crippen LogP contribution in [-0.4, -0.2) is 14.6 Å². The average molecular weight is 338 g/mol. The summed E-state index contributed by atoms with van der Waals surface area (Å²) in [6.45, 7) is 3.80. The van der Waals surface area contributed by atoms with Gasteiger partial charge in [-0.25, -0.2) is 18.3 Å². The highest BCUT2D eigenvalue weighted by atomic mass is 19.2. The molecule has 25 heavy (non-hydrogen) atoms. The number of hydrogen-bond donors (Lipinski definition) is 1. The third-order valence-electron chi connectivity index (χ3n) is 4.22. The number of rotatable bonds is 3. The molecule has 4 aromatic rings. The number of aromatic nitrogens is 3. The molecular formula is C19H16F2N4. The minimum absolute atomic E-state index is 0.238. The molecule has 0 amide bonds. The number of nitrogens with one attached hydrogen (secondary N) is 1. The van der Waals surface area contributed by atoms with Crippen LogP contribution in [0.5, 0.6) is 0 Å². The van der Waals surface area contributed by atoms with Crippen molar-refractivity contribution in [3.05, 3.63) is 71.4 Å². The molecule has 0 saturated heterocycles. The molecule has 0 spiro atoms. The normalized spacial score (nSPS) is 12.6. The highest BCUT2D eigenvalue weighted by Gasteiger charge is 2.14. The molecule has 126 valence electrons. The number of fused-ring (bicyclic) bond motifs is 3. The Hall–Kier alpha value is -3.02. The van der Waals surface area contributed by atoms with E-state index >= 15 is 0 Å². The van der Waals surface area contributed by atoms with Crippen LogP contribution in [0.1, 0.15) is 24.2 Å². The fourth-order valence-electron chi connectivity index (χ4n) is 2.96. The van der Waals surface area contributed by atoms with Gasteiger partial charge < -0.3 is 5.32 Å². The second-order valence-corrected chi connectivity index (χ2v) is 6.07. The van der Waals surface area contributed by atoms with E-state index in [2.05, 4.69) is 15.4 Å². The van der Waals surface area contributed by atoms with Gasteiger partial charge in [-0.2, -0.15) is 5.10 Å². The second kappa shape index (κ2) is 5.81. The summed E-state index contributed by atoms with van der Waals surface area (Å²) in [5.74, 6) is -1.03. The summed E-state index contributed by atoms with van der Waals surface area (Å²) in [6, 6.07) is 13.4. The van der Waals surface area contributed by atoms with Gasteiger partial charge in [0.1, 0.15) is 5.82 Å². The van der Waals surface area contributed by atoms with Gasteiger partial charge in [-0.3, -0.25) is 0 Å². The van der Waals surface area contributed by atoms with E-state index in [-0.39, 0.29) is 6.04 Å². The quantitative estimate of drug-likeness (QED) is 0.592. The van der Waals surface area contributed by atoms with Crippen LogP contribution in [0, 0.1) is 18.6 Å². The predicted octanol–water partition coefficient (Wildman–Crippen LogP) is 4.64. The molecule has 4 rings (SSSR count). The van der Waals surface area contributed by atoms with Crippen molar-refractivity contribution in [2.24, 2.45) is 0 Å². The highest BCUT2D eigenvalue weighted by molar-refractivity contribution is 5.91. The van der Waals surface area contributed by atoms with Gasteiger partial charge in [0.05, 0.1) is 17.3 Å². The van der Waals surface area contributed by atoms with Crippen LogP contribution >= 0.6 is 0 Å². The van der Waals surface area contributed by atoms with E-state index in [0.717, 1.165) is 28.3 Å². The molecule has 1 atom stereocenters. The van der Waals surface area contributed by atoms with Crippen LogP contribution in [-0.2, 0) is 0 Å². The summed E-state index contributed by atoms with van der Waals surface area (Å²) < 4.78 is 28.5. The van der Waals surface area contributed by atoms with E-state index < -0.39 is 11.6 Å². The van der Waals surface area contributed by atoms with Gasteiger partial charge in [-0.05, 0) is 43.7 Å². The molecule has 2 aromatic carbocycles. The monoisotopic (exact) mass is 338 g/mol. The molecule has 0 aliphatic heterocycles. The first kappa shape index (κ1) is 15.5. The molecule has 2 aromatic heterocycles. The van der Waals surface area contributed by atoms with Crippen LogP contribution in [0.2, 0.25) is 0 Å². The zero-order chi connectivity index (χ0) is 17.6. The summed E-state index contributed by atoms with van der Waals surface area (Å²) in [5.41, 5.74) is 3.19. The zero-order valence-corrected chi connectivity index (χ0v) is 13.8. The Kier molecular flexibility index (Phi) is 3.60. The topological polar surface area (TPSA) is 42.2 Å². The molecule has 0 bridgehead atoms. The van der Waals surface area contributed by atoms with Gasteiger partial charge in [0.15, 0.2) is 17.3 Å². The van der Waals surface area contributed by atoms with Crippen molar-refractivity contribution in [1.29, 1.82) is 0 Å². The van der Waals surface area contributed by atoms with Crippen LogP contribution in [0.25, 0.3) is 16.6 Å². The fourth-order valence-corrected chi connectivity index (χ4v) is 2.96. The molecule has 0 aliphatic rings. The lowest BCUT2D eigenvalue weighted by atomic mass is 10.1. The number of benzene rings is 2. The van der Waals surface area contributed by atoms with E-state index in [9.17, 15) is 8.78 Å². The lowest BCUT2D eigenvalue weighted by molar-refractivity contribution is 0.506. The molecule has 2 heterocycles. The van der Waals surface area contributed by atoms with Gasteiger partial charge in [0.25, 0.3) is 0 Å². The van der Waals surface area contributed by atoms with Gasteiger partial charge in [-0.15, -0.1) is 0 Å². The maximum absolute atomic E-state index is 13.5. The summed E-state index contributed by atoms with van der Waals surface area (Å²) in [5, 5.41) is 8.69. The molecule has 4 nitrogen and oxygen atoms in total. The van der Waals surface area contributed by atoms with Crippen molar-refractivity contribution < 1.29 is 8.78 Å². The largest absolute Gasteiger partial charge is 0.363 e. The average Bonchev–Trinajstić information content (AvgIpc) is 2.98. The third kappa shape index (κ3) is 2.69. The molecule has 0 radical (unpaired) electrons. The minimum atomic E-state index is -0.856. The first-order valence-electron chi connectivity index (χ1n) is 7.99. The molecule has 0 aliphatic carbocycles. The number of aryl methyl sites for hydroxylation is 1. The van der Waals surface area contributed by atoms with Crippen LogP contribution in [0.4, 0.5) is 14.6 Å². The number of anilines is 1. The van der Waals surface area contributed by atoms with Gasteiger partial charge in [-0.1, -0.05) is 18.2 Å². The van der Waals surface area contributed by atoms with Gasteiger partial charge in [0, 0.05) is 11.5 Å². The van der Waals surface area contributed by atoms with Crippen molar-refractivity contribution >= 4 is 22.4 Å². The lowest BCUT2D eigenvalue weighted by Gasteiger charge is -2.17. The Bertz CT molecular complexity index is 1090. The number of nitrogens with zero attached hydrogens (tertiary/aromatic N) is 3. The Morgan fingerprint density at radius 3 is 2.64 bits per heavy atom. The highest BCUT2D eigenvalue weighted by Crippen LogP contribution is 2.27. The number of hydrogen-bond acceptors (Lipinski definition) is 3. The van der Waals surface area contributed by atoms with Crippen LogP contribution in [0.15, 0.2) is 48.5 Å². The Balaban J connectivity index is 1.80. The van der Waals surface area contributed by atoms with Crippen molar-refractivity contribution in [2.45, 2.75) is 19.9 Å². The van der Waals surface area contributed by atoms with E-state index in [1.807, 2.05) is 44.2 Å². The SMILES string of the molecule is Cc1cc2nc(NC(C)c3ccc(F)c(F)c3)c3ccccc3n2n1. The molecule has 6 heteroatoms. The Morgan fingerprint density at radius 2 is 1.84 bits per heavy atom. The molecule has 1 N–H and O–H groups in total. The maximum atomic E-state index is 13.5. The van der Waals surface area contributed by atoms with Crippen LogP contribution in [0.3, 0.4) is 0 Å². The smallest absolute Gasteiger partial charge is 0.159 e. The summed E-state index contributed by atoms with van der Waals surface area (Å²) in [7, 11) is 0. The predicted molar refractivity (Wildman–Crippen MR) is 93.6 cm³/mol. The van der Waals surface area contributed by atoms with Gasteiger partial charge in [0.2, 0.25) is 0 Å². The Morgan fingerprint density at radius 1 is 1.04 bits per heavy atom. The van der Waals surface area contributed by atoms with Crippen molar-refractivity contribution in [1.82, 2.24) is 14.6 Å². The summed E-state index contributed by atoms with van der Waals surface area (Å²) in [6.07, 6.45) is 0. The van der Waals surface area contributed by atoms with Crippen molar-refractivity contribution in [2.75, 3.05) is 5.32 Å². The van der Waals surface area contributed by atoms with E-state index in [1.54, 1.807) is 10.6 Å². The summed E-state index contributed by atoms with van der Waals surface area (Å²) in [4.78, 5) is 4.65. The number of para-hydroxylation sites is 1. The first-order valence-corrected chi connectivity index (χ1v) is 7.99. The number of halogens is 2. The van der Waals surface area contributed by atoms with Crippen molar-refractivity contribution in [3.63, 3.8) is 0 Å². The molecule has 1 unspecified atom stereocenters. The van der Waals surface area contributed by atoms with E-state index in [1.165, 1.54) is 6.07 Å². The van der Waals surface area contributed by atoms with Crippen molar-refractivity contribution in [3.8, 4) is 0 Å². The van der Waals surface area contributed by atoms with Gasteiger partial charge >= 0.3 is 0 Å². The third-order valence-corrected chi connectivity index (χ3v) is 4.22. The Labute approximate surface area is 143 Å². The molecule has 0 fully saturated rings. The molecular weight excluding hydrogens is 322 g/mol. The van der Waals surface area contributed by atoms with Crippen LogP contribution < -0.4 is 5.32 Å². The molecule has 0 saturated carbocycles. The summed E-state index contributed by atoms with van der Waals surface area (Å²) >= 11 is 0. The maximum Gasteiger partial charge on any atom is 0.159 e. The van der Waals surface area contributed by atoms with E-state index in [0.29, 0.717) is 11.4 Å². The zero-order valence-electron chi connectivity index (χ0n) is 13.8. The lowest BCUT2D eigenvalue weighted by Crippen LogP contribution is -2.10. The fraction of sp³-hybridized carbons (Fsp3) is 0.158. The first-order chi connectivity index (χ1) is 12.0. The standard InChI is InChI=1S/C19H16F2N4/c1-11-9-18-23-19(14-5-3-4-6-17(14)25(18)24-11)22-12(2)13-7-8-15(20)16(21)10-13/h3-10,12H,1-2H3,(H,22,23). The second-order valence-electron chi connectivity index (χ2n) is 6.07.